The van der Waals surface area contributed by atoms with Crippen molar-refractivity contribution in [1.82, 2.24) is 0 Å². The molecule has 4 nitrogen and oxygen atoms in total. The van der Waals surface area contributed by atoms with Crippen LogP contribution in [-0.2, 0) is 10.0 Å². The molecule has 0 unspecified atom stereocenters. The van der Waals surface area contributed by atoms with Crippen molar-refractivity contribution in [2.75, 3.05) is 6.26 Å². The highest BCUT2D eigenvalue weighted by atomic mass is 32.2. The van der Waals surface area contributed by atoms with Crippen molar-refractivity contribution in [3.63, 3.8) is 0 Å². The van der Waals surface area contributed by atoms with Gasteiger partial charge in [-0.15, -0.1) is 0 Å². The minimum absolute atomic E-state index is 0.938. The zero-order valence-electron chi connectivity index (χ0n) is 7.67. The topological polar surface area (TPSA) is 73.3 Å². The molecular weight excluding hydrogens is 202 g/mol. The molecule has 0 atom stereocenters. The Balaban J connectivity index is 0.000000171. The average molecular weight is 213 g/mol. The summed E-state index contributed by atoms with van der Waals surface area (Å²) in [6.07, 6.45) is 2.64. The summed E-state index contributed by atoms with van der Waals surface area (Å²) in [4.78, 5) is 0. The van der Waals surface area contributed by atoms with E-state index in [4.69, 9.17) is 4.42 Å². The number of nitrogens with two attached hydrogens (primary N) is 1. The largest absolute Gasteiger partial charge is 0.464 e. The normalized spacial score (nSPS) is 10.7. The van der Waals surface area contributed by atoms with Crippen LogP contribution in [0.25, 0.3) is 11.0 Å². The molecule has 5 heteroatoms. The Morgan fingerprint density at radius 1 is 1.21 bits per heavy atom. The Labute approximate surface area is 82.4 Å². The van der Waals surface area contributed by atoms with E-state index in [0.29, 0.717) is 0 Å². The number of furan rings is 1. The molecule has 0 fully saturated rings. The molecule has 14 heavy (non-hydrogen) atoms. The lowest BCUT2D eigenvalue weighted by Crippen LogP contribution is -2.07. The lowest BCUT2D eigenvalue weighted by atomic mass is 10.3. The van der Waals surface area contributed by atoms with Gasteiger partial charge in [0.1, 0.15) is 5.58 Å². The Hall–Kier alpha value is -1.33. The van der Waals surface area contributed by atoms with Crippen LogP contribution in [0, 0.1) is 0 Å². The summed E-state index contributed by atoms with van der Waals surface area (Å²) in [6.45, 7) is 0. The van der Waals surface area contributed by atoms with E-state index in [9.17, 15) is 8.42 Å². The third-order valence-corrected chi connectivity index (χ3v) is 1.36. The summed E-state index contributed by atoms with van der Waals surface area (Å²) >= 11 is 0. The molecule has 0 saturated carbocycles. The zero-order chi connectivity index (χ0) is 10.6. The van der Waals surface area contributed by atoms with Gasteiger partial charge < -0.3 is 4.42 Å². The lowest BCUT2D eigenvalue weighted by Gasteiger charge is -1.81. The molecule has 0 aliphatic rings. The molecule has 2 N–H and O–H groups in total. The van der Waals surface area contributed by atoms with E-state index in [-0.39, 0.29) is 0 Å². The van der Waals surface area contributed by atoms with E-state index in [0.717, 1.165) is 17.2 Å². The van der Waals surface area contributed by atoms with E-state index < -0.39 is 10.0 Å². The molecule has 76 valence electrons. The van der Waals surface area contributed by atoms with Gasteiger partial charge in [-0.1, -0.05) is 18.2 Å². The molecule has 0 amide bonds. The third kappa shape index (κ3) is 4.06. The van der Waals surface area contributed by atoms with Gasteiger partial charge >= 0.3 is 0 Å². The monoisotopic (exact) mass is 213 g/mol. The number of hydrogen-bond acceptors (Lipinski definition) is 3. The smallest absolute Gasteiger partial charge is 0.206 e. The Kier molecular flexibility index (Phi) is 3.27. The second kappa shape index (κ2) is 4.26. The van der Waals surface area contributed by atoms with Crippen LogP contribution in [0.3, 0.4) is 0 Å². The van der Waals surface area contributed by atoms with Gasteiger partial charge in [-0.25, -0.2) is 13.6 Å². The van der Waals surface area contributed by atoms with Crippen molar-refractivity contribution < 1.29 is 12.8 Å². The lowest BCUT2D eigenvalue weighted by molar-refractivity contribution is 0.603. The highest BCUT2D eigenvalue weighted by Gasteiger charge is 1.89. The SMILES string of the molecule is CS(N)(=O)=O.c1ccc2occc2c1. The quantitative estimate of drug-likeness (QED) is 0.717. The first-order valence-electron chi connectivity index (χ1n) is 3.87. The predicted molar refractivity (Wildman–Crippen MR) is 55.2 cm³/mol. The molecule has 1 heterocycles. The minimum atomic E-state index is -3.17. The number of benzene rings is 1. The first-order valence-corrected chi connectivity index (χ1v) is 5.82. The molecule has 0 spiro atoms. The number of sulfonamides is 1. The summed E-state index contributed by atoms with van der Waals surface area (Å²) in [6, 6.07) is 9.90. The van der Waals surface area contributed by atoms with Crippen LogP contribution in [0.15, 0.2) is 41.0 Å². The molecule has 0 bridgehead atoms. The molecule has 0 aliphatic heterocycles. The second-order valence-corrected chi connectivity index (χ2v) is 4.45. The number of fused-ring (bicyclic) bond motifs is 1. The van der Waals surface area contributed by atoms with Gasteiger partial charge in [0.25, 0.3) is 0 Å². The summed E-state index contributed by atoms with van der Waals surface area (Å²) in [7, 11) is -3.17. The van der Waals surface area contributed by atoms with Gasteiger partial charge in [0.05, 0.1) is 12.5 Å². The first-order chi connectivity index (χ1) is 6.47. The van der Waals surface area contributed by atoms with Crippen LogP contribution in [0.2, 0.25) is 0 Å². The Bertz CT molecular complexity index is 463. The van der Waals surface area contributed by atoms with Crippen molar-refractivity contribution in [2.24, 2.45) is 5.14 Å². The number of para-hydroxylation sites is 1. The fourth-order valence-electron chi connectivity index (χ4n) is 0.906. The standard InChI is InChI=1S/C8H6O.CH5NO2S/c1-2-4-8-7(3-1)5-6-9-8;1-5(2,3)4/h1-6H;1H3,(H2,2,3,4). The predicted octanol–water partition coefficient (Wildman–Crippen LogP) is 1.34. The molecule has 0 saturated heterocycles. The maximum absolute atomic E-state index is 9.41. The van der Waals surface area contributed by atoms with E-state index in [1.165, 1.54) is 0 Å². The summed E-state index contributed by atoms with van der Waals surface area (Å²) < 4.78 is 23.9. The van der Waals surface area contributed by atoms with Crippen molar-refractivity contribution in [1.29, 1.82) is 0 Å². The van der Waals surface area contributed by atoms with Crippen LogP contribution in [0.1, 0.15) is 0 Å². The van der Waals surface area contributed by atoms with Crippen molar-refractivity contribution in [2.45, 2.75) is 0 Å². The van der Waals surface area contributed by atoms with E-state index in [1.54, 1.807) is 6.26 Å². The second-order valence-electron chi connectivity index (χ2n) is 2.79. The number of primary sulfonamides is 1. The van der Waals surface area contributed by atoms with Gasteiger partial charge in [0.2, 0.25) is 10.0 Å². The first kappa shape index (κ1) is 10.7. The van der Waals surface area contributed by atoms with Crippen LogP contribution < -0.4 is 5.14 Å². The molecule has 2 rings (SSSR count). The Morgan fingerprint density at radius 3 is 2.36 bits per heavy atom. The van der Waals surface area contributed by atoms with Crippen LogP contribution >= 0.6 is 0 Å². The van der Waals surface area contributed by atoms with Gasteiger partial charge in [-0.05, 0) is 12.1 Å². The summed E-state index contributed by atoms with van der Waals surface area (Å²) in [5.74, 6) is 0. The summed E-state index contributed by atoms with van der Waals surface area (Å²) in [5.41, 5.74) is 0.956. The number of hydrogen-bond donors (Lipinski definition) is 1. The van der Waals surface area contributed by atoms with Crippen molar-refractivity contribution in [3.05, 3.63) is 36.6 Å². The minimum Gasteiger partial charge on any atom is -0.464 e. The fourth-order valence-corrected chi connectivity index (χ4v) is 0.906. The maximum Gasteiger partial charge on any atom is 0.206 e. The highest BCUT2D eigenvalue weighted by Crippen LogP contribution is 2.12. The number of rotatable bonds is 0. The highest BCUT2D eigenvalue weighted by molar-refractivity contribution is 7.88. The molecule has 1 aromatic heterocycles. The summed E-state index contributed by atoms with van der Waals surface area (Å²) in [5, 5.41) is 5.49. The zero-order valence-corrected chi connectivity index (χ0v) is 8.49. The molecule has 0 aliphatic carbocycles. The fraction of sp³-hybridized carbons (Fsp3) is 0.111. The molecular formula is C9H11NO3S. The Morgan fingerprint density at radius 2 is 1.79 bits per heavy atom. The van der Waals surface area contributed by atoms with E-state index in [1.807, 2.05) is 30.3 Å². The van der Waals surface area contributed by atoms with Crippen molar-refractivity contribution >= 4 is 21.0 Å². The van der Waals surface area contributed by atoms with Crippen LogP contribution in [0.5, 0.6) is 0 Å². The van der Waals surface area contributed by atoms with Gasteiger partial charge in [-0.2, -0.15) is 0 Å². The van der Waals surface area contributed by atoms with E-state index in [2.05, 4.69) is 5.14 Å². The third-order valence-electron chi connectivity index (χ3n) is 1.36. The van der Waals surface area contributed by atoms with E-state index >= 15 is 0 Å². The van der Waals surface area contributed by atoms with Gasteiger partial charge in [0.15, 0.2) is 0 Å². The maximum atomic E-state index is 9.41. The van der Waals surface area contributed by atoms with Gasteiger partial charge in [0, 0.05) is 5.39 Å². The average Bonchev–Trinajstić information content (AvgIpc) is 2.47. The van der Waals surface area contributed by atoms with Crippen molar-refractivity contribution in [3.8, 4) is 0 Å². The van der Waals surface area contributed by atoms with Gasteiger partial charge in [-0.3, -0.25) is 0 Å². The molecule has 2 aromatic rings. The van der Waals surface area contributed by atoms with Crippen LogP contribution in [-0.4, -0.2) is 14.7 Å². The molecule has 0 radical (unpaired) electrons. The molecule has 1 aromatic carbocycles. The van der Waals surface area contributed by atoms with Crippen LogP contribution in [0.4, 0.5) is 0 Å².